The monoisotopic (exact) mass is 278 g/mol. The molecule has 6 heteroatoms. The first kappa shape index (κ1) is 15.7. The van der Waals surface area contributed by atoms with Crippen LogP contribution in [0, 0.1) is 17.0 Å². The predicted molar refractivity (Wildman–Crippen MR) is 77.5 cm³/mol. The summed E-state index contributed by atoms with van der Waals surface area (Å²) in [5.41, 5.74) is 5.53. The van der Waals surface area contributed by atoms with Gasteiger partial charge in [0, 0.05) is 6.07 Å². The third kappa shape index (κ3) is 3.14. The van der Waals surface area contributed by atoms with E-state index in [0.717, 1.165) is 0 Å². The highest BCUT2D eigenvalue weighted by Crippen LogP contribution is 2.32. The van der Waals surface area contributed by atoms with Crippen LogP contribution in [0.25, 0.3) is 6.08 Å². The Morgan fingerprint density at radius 1 is 1.50 bits per heavy atom. The Kier molecular flexibility index (Phi) is 4.17. The molecule has 1 aromatic carbocycles. The average molecular weight is 278 g/mol. The number of benzene rings is 1. The van der Waals surface area contributed by atoms with E-state index < -0.39 is 16.5 Å². The number of nitrogens with zero attached hydrogens (tertiary/aromatic N) is 1. The van der Waals surface area contributed by atoms with E-state index in [0.29, 0.717) is 11.1 Å². The van der Waals surface area contributed by atoms with Gasteiger partial charge in [0.25, 0.3) is 5.69 Å². The lowest BCUT2D eigenvalue weighted by Gasteiger charge is -2.21. The normalized spacial score (nSPS) is 11.0. The summed E-state index contributed by atoms with van der Waals surface area (Å²) in [7, 11) is 0. The molecular formula is C14H18N2O4. The first-order valence-corrected chi connectivity index (χ1v) is 6.01. The molecule has 0 spiro atoms. The zero-order chi connectivity index (χ0) is 15.7. The first-order chi connectivity index (χ1) is 9.08. The number of hydrogen-bond acceptors (Lipinski definition) is 5. The van der Waals surface area contributed by atoms with Crippen molar-refractivity contribution in [3.05, 3.63) is 39.4 Å². The van der Waals surface area contributed by atoms with Gasteiger partial charge in [-0.3, -0.25) is 10.1 Å². The molecule has 0 unspecified atom stereocenters. The number of ether oxygens (including phenoxy) is 1. The van der Waals surface area contributed by atoms with Gasteiger partial charge >= 0.3 is 5.97 Å². The molecule has 0 atom stereocenters. The average Bonchev–Trinajstić information content (AvgIpc) is 2.26. The highest BCUT2D eigenvalue weighted by Gasteiger charge is 2.27. The number of hydrogen-bond donors (Lipinski definition) is 1. The van der Waals surface area contributed by atoms with Crippen LogP contribution in [-0.4, -0.2) is 16.5 Å². The van der Waals surface area contributed by atoms with E-state index >= 15 is 0 Å². The zero-order valence-corrected chi connectivity index (χ0v) is 12.0. The van der Waals surface area contributed by atoms with Gasteiger partial charge < -0.3 is 10.5 Å². The minimum absolute atomic E-state index is 0.0176. The quantitative estimate of drug-likeness (QED) is 0.396. The Labute approximate surface area is 117 Å². The lowest BCUT2D eigenvalue weighted by atomic mass is 9.98. The largest absolute Gasteiger partial charge is 0.456 e. The van der Waals surface area contributed by atoms with Crippen molar-refractivity contribution in [1.82, 2.24) is 0 Å². The van der Waals surface area contributed by atoms with Crippen LogP contribution in [0.4, 0.5) is 11.4 Å². The van der Waals surface area contributed by atoms with Gasteiger partial charge in [0.2, 0.25) is 0 Å². The van der Waals surface area contributed by atoms with E-state index in [1.807, 2.05) is 0 Å². The van der Waals surface area contributed by atoms with Gasteiger partial charge in [0.1, 0.15) is 11.3 Å². The maximum absolute atomic E-state index is 12.2. The SMILES string of the molecule is C=Cc1cc([N+](=O)[O-])c(N)c(C(=O)OC(C)(C)C)c1C. The Bertz CT molecular complexity index is 586. The van der Waals surface area contributed by atoms with Crippen LogP contribution in [0.15, 0.2) is 12.6 Å². The minimum atomic E-state index is -0.713. The number of esters is 1. The maximum Gasteiger partial charge on any atom is 0.341 e. The summed E-state index contributed by atoms with van der Waals surface area (Å²) >= 11 is 0. The second-order valence-electron chi connectivity index (χ2n) is 5.36. The second-order valence-corrected chi connectivity index (χ2v) is 5.36. The standard InChI is InChI=1S/C14H18N2O4/c1-6-9-7-10(16(18)19)12(15)11(8(9)2)13(17)20-14(3,4)5/h6-7H,1,15H2,2-5H3. The molecule has 0 aliphatic rings. The summed E-state index contributed by atoms with van der Waals surface area (Å²) in [6.07, 6.45) is 1.44. The van der Waals surface area contributed by atoms with Crippen LogP contribution in [0.2, 0.25) is 0 Å². The van der Waals surface area contributed by atoms with E-state index in [4.69, 9.17) is 10.5 Å². The number of carbonyl (C=O) groups is 1. The topological polar surface area (TPSA) is 95.5 Å². The number of nitrogen functional groups attached to an aromatic ring is 1. The van der Waals surface area contributed by atoms with Crippen LogP contribution in [0.5, 0.6) is 0 Å². The second kappa shape index (κ2) is 5.32. The van der Waals surface area contributed by atoms with Crippen LogP contribution in [0.3, 0.4) is 0 Å². The van der Waals surface area contributed by atoms with Gasteiger partial charge in [-0.05, 0) is 38.8 Å². The van der Waals surface area contributed by atoms with E-state index in [1.165, 1.54) is 12.1 Å². The minimum Gasteiger partial charge on any atom is -0.456 e. The summed E-state index contributed by atoms with van der Waals surface area (Å²) < 4.78 is 5.24. The Balaban J connectivity index is 3.52. The summed E-state index contributed by atoms with van der Waals surface area (Å²) in [5.74, 6) is -0.681. The Hall–Kier alpha value is -2.37. The Morgan fingerprint density at radius 2 is 2.05 bits per heavy atom. The first-order valence-electron chi connectivity index (χ1n) is 6.01. The van der Waals surface area contributed by atoms with Gasteiger partial charge in [0.05, 0.1) is 10.5 Å². The maximum atomic E-state index is 12.2. The molecule has 0 heterocycles. The van der Waals surface area contributed by atoms with Crippen LogP contribution in [0.1, 0.15) is 42.3 Å². The molecule has 2 N–H and O–H groups in total. The lowest BCUT2D eigenvalue weighted by molar-refractivity contribution is -0.383. The summed E-state index contributed by atoms with van der Waals surface area (Å²) in [5, 5.41) is 11.0. The lowest BCUT2D eigenvalue weighted by Crippen LogP contribution is -2.25. The predicted octanol–water partition coefficient (Wildman–Crippen LogP) is 3.08. The fraction of sp³-hybridized carbons (Fsp3) is 0.357. The molecule has 0 saturated heterocycles. The van der Waals surface area contributed by atoms with Crippen LogP contribution in [-0.2, 0) is 4.74 Å². The van der Waals surface area contributed by atoms with E-state index in [-0.39, 0.29) is 16.9 Å². The molecule has 108 valence electrons. The number of carbonyl (C=O) groups excluding carboxylic acids is 1. The third-order valence-electron chi connectivity index (χ3n) is 2.67. The van der Waals surface area contributed by atoms with Crippen LogP contribution >= 0.6 is 0 Å². The van der Waals surface area contributed by atoms with Crippen molar-refractivity contribution >= 4 is 23.4 Å². The molecule has 1 aromatic rings. The van der Waals surface area contributed by atoms with Gasteiger partial charge in [-0.15, -0.1) is 0 Å². The highest BCUT2D eigenvalue weighted by molar-refractivity contribution is 6.00. The molecule has 0 aliphatic carbocycles. The molecule has 0 aromatic heterocycles. The molecular weight excluding hydrogens is 260 g/mol. The van der Waals surface area contributed by atoms with E-state index in [2.05, 4.69) is 6.58 Å². The molecule has 0 bridgehead atoms. The van der Waals surface area contributed by atoms with Crippen molar-refractivity contribution in [2.45, 2.75) is 33.3 Å². The van der Waals surface area contributed by atoms with Gasteiger partial charge in [-0.25, -0.2) is 4.79 Å². The molecule has 0 fully saturated rings. The molecule has 0 amide bonds. The van der Waals surface area contributed by atoms with Crippen molar-refractivity contribution in [3.63, 3.8) is 0 Å². The van der Waals surface area contributed by atoms with E-state index in [1.54, 1.807) is 27.7 Å². The number of rotatable bonds is 3. The number of nitrogens with two attached hydrogens (primary N) is 1. The smallest absolute Gasteiger partial charge is 0.341 e. The summed E-state index contributed by atoms with van der Waals surface area (Å²) in [6, 6.07) is 1.30. The Morgan fingerprint density at radius 3 is 2.45 bits per heavy atom. The summed E-state index contributed by atoms with van der Waals surface area (Å²) in [4.78, 5) is 22.6. The third-order valence-corrected chi connectivity index (χ3v) is 2.67. The highest BCUT2D eigenvalue weighted by atomic mass is 16.6. The number of nitro groups is 1. The van der Waals surface area contributed by atoms with Crippen LogP contribution < -0.4 is 5.73 Å². The molecule has 0 saturated carbocycles. The van der Waals surface area contributed by atoms with Crippen molar-refractivity contribution in [2.75, 3.05) is 5.73 Å². The van der Waals surface area contributed by atoms with Crippen molar-refractivity contribution < 1.29 is 14.5 Å². The molecule has 0 aliphatic heterocycles. The van der Waals surface area contributed by atoms with Crippen molar-refractivity contribution in [3.8, 4) is 0 Å². The van der Waals surface area contributed by atoms with Crippen molar-refractivity contribution in [1.29, 1.82) is 0 Å². The number of nitro benzene ring substituents is 1. The van der Waals surface area contributed by atoms with Gasteiger partial charge in [-0.1, -0.05) is 12.7 Å². The molecule has 20 heavy (non-hydrogen) atoms. The van der Waals surface area contributed by atoms with Crippen molar-refractivity contribution in [2.24, 2.45) is 0 Å². The van der Waals surface area contributed by atoms with Gasteiger partial charge in [0.15, 0.2) is 0 Å². The number of anilines is 1. The fourth-order valence-electron chi connectivity index (χ4n) is 1.76. The zero-order valence-electron chi connectivity index (χ0n) is 12.0. The summed E-state index contributed by atoms with van der Waals surface area (Å²) in [6.45, 7) is 10.4. The molecule has 0 radical (unpaired) electrons. The molecule has 1 rings (SSSR count). The molecule has 6 nitrogen and oxygen atoms in total. The van der Waals surface area contributed by atoms with Gasteiger partial charge in [-0.2, -0.15) is 0 Å². The fourth-order valence-corrected chi connectivity index (χ4v) is 1.76. The van der Waals surface area contributed by atoms with E-state index in [9.17, 15) is 14.9 Å².